The molecule has 0 atom stereocenters. The van der Waals surface area contributed by atoms with Gasteiger partial charge in [-0.05, 0) is 53.2 Å². The van der Waals surface area contributed by atoms with Crippen molar-refractivity contribution in [3.63, 3.8) is 0 Å². The predicted octanol–water partition coefficient (Wildman–Crippen LogP) is 3.12. The molecular weight excluding hydrogens is 374 g/mol. The Morgan fingerprint density at radius 2 is 2.14 bits per heavy atom. The number of nitrogens with zero attached hydrogens (tertiary/aromatic N) is 1. The average Bonchev–Trinajstić information content (AvgIpc) is 2.89. The second-order valence-corrected chi connectivity index (χ2v) is 8.42. The quantitative estimate of drug-likeness (QED) is 0.795. The van der Waals surface area contributed by atoms with Crippen LogP contribution < -0.4 is 10.0 Å². The van der Waals surface area contributed by atoms with Crippen LogP contribution >= 0.6 is 27.3 Å². The van der Waals surface area contributed by atoms with Crippen molar-refractivity contribution in [3.05, 3.63) is 39.3 Å². The second kappa shape index (κ2) is 6.87. The molecule has 0 spiro atoms. The maximum atomic E-state index is 12.4. The highest BCUT2D eigenvalue weighted by Gasteiger charge is 2.18. The number of sulfonamides is 1. The molecule has 5 nitrogen and oxygen atoms in total. The zero-order valence-electron chi connectivity index (χ0n) is 11.7. The third-order valence-electron chi connectivity index (χ3n) is 2.73. The van der Waals surface area contributed by atoms with Gasteiger partial charge in [-0.15, -0.1) is 11.3 Å². The molecule has 21 heavy (non-hydrogen) atoms. The lowest BCUT2D eigenvalue weighted by Gasteiger charge is -2.08. The van der Waals surface area contributed by atoms with E-state index in [0.29, 0.717) is 16.6 Å². The Morgan fingerprint density at radius 1 is 1.38 bits per heavy atom. The highest BCUT2D eigenvalue weighted by Crippen LogP contribution is 2.25. The molecule has 0 aliphatic heterocycles. The number of aryl methyl sites for hydroxylation is 1. The molecule has 0 saturated heterocycles. The molecule has 8 heteroatoms. The number of pyridine rings is 1. The summed E-state index contributed by atoms with van der Waals surface area (Å²) in [6.45, 7) is 5.34. The molecule has 0 radical (unpaired) electrons. The summed E-state index contributed by atoms with van der Waals surface area (Å²) in [4.78, 5) is 5.08. The van der Waals surface area contributed by atoms with E-state index < -0.39 is 10.0 Å². The van der Waals surface area contributed by atoms with E-state index in [2.05, 4.69) is 31.0 Å². The summed E-state index contributed by atoms with van der Waals surface area (Å²) in [6, 6.07) is 5.26. The number of nitrogens with one attached hydrogen (secondary N) is 2. The largest absolute Gasteiger partial charge is 0.312 e. The zero-order chi connectivity index (χ0) is 15.5. The van der Waals surface area contributed by atoms with Crippen LogP contribution in [0.1, 0.15) is 17.4 Å². The van der Waals surface area contributed by atoms with Gasteiger partial charge in [-0.2, -0.15) is 0 Å². The van der Waals surface area contributed by atoms with E-state index in [1.807, 2.05) is 19.1 Å². The minimum atomic E-state index is -3.59. The van der Waals surface area contributed by atoms with Gasteiger partial charge in [0.15, 0.2) is 0 Å². The predicted molar refractivity (Wildman–Crippen MR) is 89.2 cm³/mol. The van der Waals surface area contributed by atoms with Gasteiger partial charge in [0.05, 0.1) is 0 Å². The smallest absolute Gasteiger partial charge is 0.272 e. The normalized spacial score (nSPS) is 11.6. The Hall–Kier alpha value is -0.960. The summed E-state index contributed by atoms with van der Waals surface area (Å²) in [6.07, 6.45) is 1.57. The van der Waals surface area contributed by atoms with Gasteiger partial charge < -0.3 is 5.32 Å². The van der Waals surface area contributed by atoms with E-state index in [1.165, 1.54) is 11.3 Å². The van der Waals surface area contributed by atoms with Gasteiger partial charge in [0.2, 0.25) is 0 Å². The van der Waals surface area contributed by atoms with Gasteiger partial charge >= 0.3 is 0 Å². The van der Waals surface area contributed by atoms with Crippen LogP contribution in [0.3, 0.4) is 0 Å². The van der Waals surface area contributed by atoms with E-state index >= 15 is 0 Å². The van der Waals surface area contributed by atoms with Crippen LogP contribution in [0.4, 0.5) is 5.82 Å². The second-order valence-electron chi connectivity index (χ2n) is 4.43. The van der Waals surface area contributed by atoms with Crippen LogP contribution in [0.15, 0.2) is 33.1 Å². The molecule has 0 aliphatic rings. The van der Waals surface area contributed by atoms with Gasteiger partial charge in [-0.3, -0.25) is 4.72 Å². The first-order chi connectivity index (χ1) is 9.92. The number of aromatic nitrogens is 1. The van der Waals surface area contributed by atoms with Crippen LogP contribution in [0.2, 0.25) is 0 Å². The van der Waals surface area contributed by atoms with Crippen LogP contribution in [-0.2, 0) is 16.6 Å². The van der Waals surface area contributed by atoms with Crippen molar-refractivity contribution in [2.45, 2.75) is 24.6 Å². The number of halogens is 1. The number of thiophene rings is 1. The van der Waals surface area contributed by atoms with Crippen molar-refractivity contribution in [2.75, 3.05) is 11.3 Å². The minimum Gasteiger partial charge on any atom is -0.312 e. The molecule has 2 aromatic heterocycles. The lowest BCUT2D eigenvalue weighted by Crippen LogP contribution is -2.13. The topological polar surface area (TPSA) is 71.1 Å². The third-order valence-corrected chi connectivity index (χ3v) is 6.08. The summed E-state index contributed by atoms with van der Waals surface area (Å²) in [5.74, 6) is 0.347. The minimum absolute atomic E-state index is 0.291. The van der Waals surface area contributed by atoms with Gasteiger partial charge in [0, 0.05) is 22.1 Å². The summed E-state index contributed by atoms with van der Waals surface area (Å²) in [5, 5.41) is 3.17. The summed E-state index contributed by atoms with van der Waals surface area (Å²) in [7, 11) is -3.59. The monoisotopic (exact) mass is 389 g/mol. The highest BCUT2D eigenvalue weighted by atomic mass is 79.9. The summed E-state index contributed by atoms with van der Waals surface area (Å²) in [5.41, 5.74) is 0.761. The molecule has 0 fully saturated rings. The number of hydrogen-bond donors (Lipinski definition) is 2. The van der Waals surface area contributed by atoms with E-state index in [9.17, 15) is 8.42 Å². The SMILES string of the molecule is CCNCc1ccc(S(=O)(=O)Nc2ncc(Br)cc2C)s1. The number of rotatable bonds is 6. The average molecular weight is 390 g/mol. The molecule has 0 aliphatic carbocycles. The van der Waals surface area contributed by atoms with Crippen LogP contribution in [0.5, 0.6) is 0 Å². The van der Waals surface area contributed by atoms with Crippen LogP contribution in [0, 0.1) is 6.92 Å². The molecule has 2 rings (SSSR count). The number of hydrogen-bond acceptors (Lipinski definition) is 5. The van der Waals surface area contributed by atoms with Gasteiger partial charge in [-0.1, -0.05) is 6.92 Å². The lowest BCUT2D eigenvalue weighted by atomic mass is 10.3. The van der Waals surface area contributed by atoms with Crippen molar-refractivity contribution in [2.24, 2.45) is 0 Å². The van der Waals surface area contributed by atoms with Crippen molar-refractivity contribution in [3.8, 4) is 0 Å². The fraction of sp³-hybridized carbons (Fsp3) is 0.308. The van der Waals surface area contributed by atoms with Crippen LogP contribution in [-0.4, -0.2) is 19.9 Å². The van der Waals surface area contributed by atoms with Crippen molar-refractivity contribution in [1.82, 2.24) is 10.3 Å². The maximum Gasteiger partial charge on any atom is 0.272 e. The first-order valence-electron chi connectivity index (χ1n) is 6.37. The molecule has 0 aromatic carbocycles. The molecular formula is C13H16BrN3O2S2. The van der Waals surface area contributed by atoms with E-state index in [0.717, 1.165) is 21.5 Å². The standard InChI is InChI=1S/C13H16BrN3O2S2/c1-3-15-8-11-4-5-12(20-11)21(18,19)17-13-9(2)6-10(14)7-16-13/h4-7,15H,3,8H2,1-2H3,(H,16,17). The van der Waals surface area contributed by atoms with E-state index in [1.54, 1.807) is 19.2 Å². The fourth-order valence-electron chi connectivity index (χ4n) is 1.67. The van der Waals surface area contributed by atoms with Crippen molar-refractivity contribution >= 4 is 43.1 Å². The van der Waals surface area contributed by atoms with Gasteiger partial charge in [0.1, 0.15) is 10.0 Å². The summed E-state index contributed by atoms with van der Waals surface area (Å²) < 4.78 is 28.3. The fourth-order valence-corrected chi connectivity index (χ4v) is 4.52. The first kappa shape index (κ1) is 16.4. The molecule has 2 N–H and O–H groups in total. The Bertz CT molecular complexity index is 729. The molecule has 2 aromatic rings. The Kier molecular flexibility index (Phi) is 5.37. The molecule has 0 amide bonds. The zero-order valence-corrected chi connectivity index (χ0v) is 14.9. The Morgan fingerprint density at radius 3 is 2.81 bits per heavy atom. The molecule has 0 unspecified atom stereocenters. The third kappa shape index (κ3) is 4.26. The summed E-state index contributed by atoms with van der Waals surface area (Å²) >= 11 is 4.56. The molecule has 114 valence electrons. The maximum absolute atomic E-state index is 12.4. The lowest BCUT2D eigenvalue weighted by molar-refractivity contribution is 0.603. The molecule has 0 saturated carbocycles. The Balaban J connectivity index is 2.19. The first-order valence-corrected chi connectivity index (χ1v) is 9.46. The van der Waals surface area contributed by atoms with Gasteiger partial charge in [0.25, 0.3) is 10.0 Å². The number of anilines is 1. The van der Waals surface area contributed by atoms with Crippen LogP contribution in [0.25, 0.3) is 0 Å². The van der Waals surface area contributed by atoms with Gasteiger partial charge in [-0.25, -0.2) is 13.4 Å². The Labute approximate surface area is 137 Å². The van der Waals surface area contributed by atoms with E-state index in [-0.39, 0.29) is 0 Å². The highest BCUT2D eigenvalue weighted by molar-refractivity contribution is 9.10. The molecule has 2 heterocycles. The van der Waals surface area contributed by atoms with Crippen molar-refractivity contribution in [1.29, 1.82) is 0 Å². The molecule has 0 bridgehead atoms. The van der Waals surface area contributed by atoms with E-state index in [4.69, 9.17) is 0 Å². The van der Waals surface area contributed by atoms with Crippen molar-refractivity contribution < 1.29 is 8.42 Å².